The molecule has 1 fully saturated rings. The summed E-state index contributed by atoms with van der Waals surface area (Å²) in [6.45, 7) is 2.09. The number of carbonyl (C=O) groups excluding carboxylic acids is 1. The summed E-state index contributed by atoms with van der Waals surface area (Å²) in [4.78, 5) is 12.3. The van der Waals surface area contributed by atoms with Gasteiger partial charge in [-0.2, -0.15) is 0 Å². The Bertz CT molecular complexity index is 296. The lowest BCUT2D eigenvalue weighted by Gasteiger charge is -2.08. The van der Waals surface area contributed by atoms with Gasteiger partial charge in [-0.05, 0) is 24.4 Å². The van der Waals surface area contributed by atoms with Gasteiger partial charge in [-0.25, -0.2) is 0 Å². The van der Waals surface area contributed by atoms with E-state index in [-0.39, 0.29) is 30.9 Å². The van der Waals surface area contributed by atoms with E-state index in [2.05, 4.69) is 5.32 Å². The Morgan fingerprint density at radius 2 is 2.53 bits per heavy atom. The monoisotopic (exact) mass is 247 g/mol. The molecule has 1 aromatic rings. The topological polar surface area (TPSA) is 38.3 Å². The van der Waals surface area contributed by atoms with E-state index in [0.29, 0.717) is 0 Å². The van der Waals surface area contributed by atoms with Crippen molar-refractivity contribution in [2.75, 3.05) is 19.7 Å². The van der Waals surface area contributed by atoms with Crippen LogP contribution in [0.5, 0.6) is 0 Å². The molecule has 1 aromatic heterocycles. The summed E-state index contributed by atoms with van der Waals surface area (Å²) in [5.41, 5.74) is 0. The molecule has 0 unspecified atom stereocenters. The van der Waals surface area contributed by atoms with Crippen molar-refractivity contribution in [3.63, 3.8) is 0 Å². The Balaban J connectivity index is 0.00000112. The van der Waals surface area contributed by atoms with E-state index in [9.17, 15) is 4.79 Å². The first-order valence-corrected chi connectivity index (χ1v) is 5.63. The van der Waals surface area contributed by atoms with E-state index in [1.54, 1.807) is 0 Å². The van der Waals surface area contributed by atoms with Gasteiger partial charge < -0.3 is 10.1 Å². The first-order valence-electron chi connectivity index (χ1n) is 4.75. The SMILES string of the molecule is Cl.O=C(CO[C@H]1CCNC1)c1cccs1. The van der Waals surface area contributed by atoms with Crippen LogP contribution >= 0.6 is 23.7 Å². The van der Waals surface area contributed by atoms with Crippen LogP contribution in [-0.4, -0.2) is 31.6 Å². The molecule has 3 nitrogen and oxygen atoms in total. The summed E-state index contributed by atoms with van der Waals surface area (Å²) >= 11 is 1.47. The molecular formula is C10H14ClNO2S. The number of nitrogens with one attached hydrogen (secondary N) is 1. The normalized spacial score (nSPS) is 19.9. The van der Waals surface area contributed by atoms with Crippen molar-refractivity contribution >= 4 is 29.5 Å². The summed E-state index contributed by atoms with van der Waals surface area (Å²) in [7, 11) is 0. The van der Waals surface area contributed by atoms with Crippen molar-refractivity contribution in [3.8, 4) is 0 Å². The van der Waals surface area contributed by atoms with Gasteiger partial charge in [0.2, 0.25) is 0 Å². The Kier molecular flexibility index (Phi) is 5.25. The quantitative estimate of drug-likeness (QED) is 0.824. The zero-order chi connectivity index (χ0) is 9.80. The molecule has 0 saturated carbocycles. The fourth-order valence-corrected chi connectivity index (χ4v) is 2.12. The highest BCUT2D eigenvalue weighted by atomic mass is 35.5. The predicted molar refractivity (Wildman–Crippen MR) is 63.1 cm³/mol. The number of hydrogen-bond donors (Lipinski definition) is 1. The minimum Gasteiger partial charge on any atom is -0.369 e. The second-order valence-corrected chi connectivity index (χ2v) is 4.27. The maximum absolute atomic E-state index is 11.5. The molecule has 0 spiro atoms. The molecule has 2 rings (SSSR count). The van der Waals surface area contributed by atoms with Crippen LogP contribution in [0.1, 0.15) is 16.1 Å². The molecule has 0 amide bonds. The van der Waals surface area contributed by atoms with E-state index in [1.807, 2.05) is 17.5 Å². The zero-order valence-corrected chi connectivity index (χ0v) is 9.90. The standard InChI is InChI=1S/C10H13NO2S.ClH/c12-9(10-2-1-5-14-10)7-13-8-3-4-11-6-8;/h1-2,5,8,11H,3-4,6-7H2;1H/t8-;/m0./s1. The summed E-state index contributed by atoms with van der Waals surface area (Å²) in [5, 5.41) is 5.10. The smallest absolute Gasteiger partial charge is 0.198 e. The molecule has 0 aromatic carbocycles. The first-order chi connectivity index (χ1) is 6.86. The minimum atomic E-state index is 0. The summed E-state index contributed by atoms with van der Waals surface area (Å²) in [6, 6.07) is 3.72. The third kappa shape index (κ3) is 3.57. The highest BCUT2D eigenvalue weighted by molar-refractivity contribution is 7.12. The van der Waals surface area contributed by atoms with Gasteiger partial charge in [-0.15, -0.1) is 23.7 Å². The van der Waals surface area contributed by atoms with E-state index < -0.39 is 0 Å². The van der Waals surface area contributed by atoms with Gasteiger partial charge in [0.05, 0.1) is 11.0 Å². The van der Waals surface area contributed by atoms with Crippen LogP contribution in [0.15, 0.2) is 17.5 Å². The maximum Gasteiger partial charge on any atom is 0.198 e. The lowest BCUT2D eigenvalue weighted by molar-refractivity contribution is 0.0533. The van der Waals surface area contributed by atoms with Crippen LogP contribution in [0, 0.1) is 0 Å². The fraction of sp³-hybridized carbons (Fsp3) is 0.500. The van der Waals surface area contributed by atoms with Crippen LogP contribution in [-0.2, 0) is 4.74 Å². The average Bonchev–Trinajstić information content (AvgIpc) is 2.87. The van der Waals surface area contributed by atoms with E-state index in [1.165, 1.54) is 11.3 Å². The van der Waals surface area contributed by atoms with Gasteiger partial charge in [0.25, 0.3) is 0 Å². The summed E-state index contributed by atoms with van der Waals surface area (Å²) in [6.07, 6.45) is 1.23. The number of hydrogen-bond acceptors (Lipinski definition) is 4. The van der Waals surface area contributed by atoms with E-state index >= 15 is 0 Å². The number of halogens is 1. The van der Waals surface area contributed by atoms with Crippen molar-refractivity contribution in [3.05, 3.63) is 22.4 Å². The molecule has 1 aliphatic heterocycles. The largest absolute Gasteiger partial charge is 0.369 e. The maximum atomic E-state index is 11.5. The number of thiophene rings is 1. The molecule has 5 heteroatoms. The zero-order valence-electron chi connectivity index (χ0n) is 8.27. The third-order valence-electron chi connectivity index (χ3n) is 2.26. The molecule has 1 atom stereocenters. The van der Waals surface area contributed by atoms with Crippen LogP contribution in [0.4, 0.5) is 0 Å². The number of ketones is 1. The molecule has 15 heavy (non-hydrogen) atoms. The summed E-state index contributed by atoms with van der Waals surface area (Å²) < 4.78 is 5.48. The number of ether oxygens (including phenoxy) is 1. The Morgan fingerprint density at radius 3 is 3.13 bits per heavy atom. The van der Waals surface area contributed by atoms with E-state index in [0.717, 1.165) is 24.4 Å². The molecular weight excluding hydrogens is 234 g/mol. The van der Waals surface area contributed by atoms with Crippen LogP contribution < -0.4 is 5.32 Å². The van der Waals surface area contributed by atoms with Crippen LogP contribution in [0.3, 0.4) is 0 Å². The van der Waals surface area contributed by atoms with Gasteiger partial charge in [0.15, 0.2) is 5.78 Å². The van der Waals surface area contributed by atoms with Crippen LogP contribution in [0.25, 0.3) is 0 Å². The van der Waals surface area contributed by atoms with Crippen LogP contribution in [0.2, 0.25) is 0 Å². The number of rotatable bonds is 4. The average molecular weight is 248 g/mol. The summed E-state index contributed by atoms with van der Waals surface area (Å²) in [5.74, 6) is 0.0897. The fourth-order valence-electron chi connectivity index (χ4n) is 1.47. The lowest BCUT2D eigenvalue weighted by Crippen LogP contribution is -2.20. The molecule has 84 valence electrons. The molecule has 1 N–H and O–H groups in total. The number of carbonyl (C=O) groups is 1. The highest BCUT2D eigenvalue weighted by Gasteiger charge is 2.16. The Morgan fingerprint density at radius 1 is 1.67 bits per heavy atom. The third-order valence-corrected chi connectivity index (χ3v) is 3.17. The van der Waals surface area contributed by atoms with Crippen molar-refractivity contribution in [2.45, 2.75) is 12.5 Å². The molecule has 0 aliphatic carbocycles. The van der Waals surface area contributed by atoms with Gasteiger partial charge in [0, 0.05) is 6.54 Å². The van der Waals surface area contributed by atoms with Gasteiger partial charge >= 0.3 is 0 Å². The van der Waals surface area contributed by atoms with Crippen molar-refractivity contribution < 1.29 is 9.53 Å². The highest BCUT2D eigenvalue weighted by Crippen LogP contribution is 2.10. The molecule has 1 saturated heterocycles. The molecule has 0 radical (unpaired) electrons. The van der Waals surface area contributed by atoms with Crippen molar-refractivity contribution in [1.29, 1.82) is 0 Å². The molecule has 2 heterocycles. The second-order valence-electron chi connectivity index (χ2n) is 3.33. The minimum absolute atomic E-state index is 0. The molecule has 1 aliphatic rings. The van der Waals surface area contributed by atoms with Crippen molar-refractivity contribution in [2.24, 2.45) is 0 Å². The Labute approximate surface area is 99.2 Å². The van der Waals surface area contributed by atoms with Gasteiger partial charge in [0.1, 0.15) is 6.61 Å². The van der Waals surface area contributed by atoms with Gasteiger partial charge in [-0.1, -0.05) is 6.07 Å². The number of Topliss-reactive ketones (excluding diaryl/α,β-unsaturated/α-hetero) is 1. The second kappa shape index (κ2) is 6.23. The lowest BCUT2D eigenvalue weighted by atomic mass is 10.3. The van der Waals surface area contributed by atoms with Crippen molar-refractivity contribution in [1.82, 2.24) is 5.32 Å². The van der Waals surface area contributed by atoms with E-state index in [4.69, 9.17) is 4.74 Å². The van der Waals surface area contributed by atoms with Gasteiger partial charge in [-0.3, -0.25) is 4.79 Å². The Hall–Kier alpha value is -0.420. The molecule has 0 bridgehead atoms. The first kappa shape index (κ1) is 12.6. The predicted octanol–water partition coefficient (Wildman–Crippen LogP) is 1.73.